The number of aliphatic hydroxyl groups is 1. The van der Waals surface area contributed by atoms with Crippen LogP contribution in [0.15, 0.2) is 54.6 Å². The molecular formula is C16H14N2OS. The molecule has 0 radical (unpaired) electrons. The normalized spacial score (nSPS) is 10.7. The summed E-state index contributed by atoms with van der Waals surface area (Å²) in [6.07, 6.45) is 0. The van der Waals surface area contributed by atoms with E-state index < -0.39 is 0 Å². The number of benzene rings is 2. The largest absolute Gasteiger partial charge is 0.392 e. The minimum Gasteiger partial charge on any atom is -0.392 e. The van der Waals surface area contributed by atoms with Crippen LogP contribution in [0, 0.1) is 0 Å². The van der Waals surface area contributed by atoms with Crippen molar-refractivity contribution in [2.45, 2.75) is 6.61 Å². The van der Waals surface area contributed by atoms with Crippen LogP contribution >= 0.6 is 11.3 Å². The Kier molecular flexibility index (Phi) is 3.50. The van der Waals surface area contributed by atoms with Crippen LogP contribution in [0.5, 0.6) is 0 Å². The van der Waals surface area contributed by atoms with Crippen molar-refractivity contribution in [2.75, 3.05) is 5.73 Å². The monoisotopic (exact) mass is 282 g/mol. The second kappa shape index (κ2) is 5.45. The number of nitrogens with zero attached hydrogens (tertiary/aromatic N) is 1. The molecule has 20 heavy (non-hydrogen) atoms. The Bertz CT molecular complexity index is 705. The van der Waals surface area contributed by atoms with Gasteiger partial charge in [-0.05, 0) is 11.1 Å². The first-order valence-electron chi connectivity index (χ1n) is 6.30. The molecule has 0 aliphatic rings. The van der Waals surface area contributed by atoms with Gasteiger partial charge in [0.05, 0.1) is 17.2 Å². The van der Waals surface area contributed by atoms with Crippen LogP contribution in [0.2, 0.25) is 0 Å². The van der Waals surface area contributed by atoms with E-state index in [0.717, 1.165) is 27.3 Å². The molecule has 3 nitrogen and oxygen atoms in total. The number of aromatic nitrogens is 1. The smallest absolute Gasteiger partial charge is 0.181 e. The minimum atomic E-state index is 0.0467. The topological polar surface area (TPSA) is 59.1 Å². The summed E-state index contributed by atoms with van der Waals surface area (Å²) in [7, 11) is 0. The predicted octanol–water partition coefficient (Wildman–Crippen LogP) is 3.55. The van der Waals surface area contributed by atoms with Gasteiger partial charge in [-0.15, -0.1) is 0 Å². The molecule has 100 valence electrons. The fourth-order valence-corrected chi connectivity index (χ4v) is 2.95. The van der Waals surface area contributed by atoms with Gasteiger partial charge in [-0.3, -0.25) is 0 Å². The molecule has 2 aromatic carbocycles. The summed E-state index contributed by atoms with van der Waals surface area (Å²) >= 11 is 1.49. The lowest BCUT2D eigenvalue weighted by Crippen LogP contribution is -1.86. The molecule has 3 N–H and O–H groups in total. The molecular weight excluding hydrogens is 268 g/mol. The summed E-state index contributed by atoms with van der Waals surface area (Å²) < 4.78 is 0. The summed E-state index contributed by atoms with van der Waals surface area (Å²) in [6.45, 7) is 0.0467. The number of hydrogen-bond acceptors (Lipinski definition) is 4. The molecule has 0 fully saturated rings. The highest BCUT2D eigenvalue weighted by atomic mass is 32.1. The van der Waals surface area contributed by atoms with Crippen molar-refractivity contribution in [3.63, 3.8) is 0 Å². The Balaban J connectivity index is 2.09. The molecule has 1 aromatic heterocycles. The Hall–Kier alpha value is -2.17. The molecule has 0 atom stereocenters. The second-order valence-corrected chi connectivity index (χ2v) is 5.48. The molecule has 0 saturated carbocycles. The molecule has 0 unspecified atom stereocenters. The van der Waals surface area contributed by atoms with Crippen molar-refractivity contribution in [1.29, 1.82) is 0 Å². The van der Waals surface area contributed by atoms with E-state index in [0.29, 0.717) is 5.13 Å². The van der Waals surface area contributed by atoms with Crippen LogP contribution in [0.4, 0.5) is 5.13 Å². The van der Waals surface area contributed by atoms with E-state index in [1.807, 2.05) is 42.5 Å². The van der Waals surface area contributed by atoms with Gasteiger partial charge in [-0.25, -0.2) is 4.98 Å². The molecule has 0 aliphatic heterocycles. The van der Waals surface area contributed by atoms with Crippen LogP contribution in [0.1, 0.15) is 5.56 Å². The van der Waals surface area contributed by atoms with Gasteiger partial charge in [-0.1, -0.05) is 65.9 Å². The zero-order chi connectivity index (χ0) is 13.9. The number of hydrogen-bond donors (Lipinski definition) is 2. The van der Waals surface area contributed by atoms with E-state index in [4.69, 9.17) is 10.8 Å². The standard InChI is InChI=1S/C16H14N2OS/c17-16-18-14(12-8-6-11(10-19)7-9-12)15(20-16)13-4-2-1-3-5-13/h1-9,19H,10H2,(H2,17,18). The third-order valence-electron chi connectivity index (χ3n) is 3.09. The molecule has 0 amide bonds. The quantitative estimate of drug-likeness (QED) is 0.772. The highest BCUT2D eigenvalue weighted by Gasteiger charge is 2.13. The van der Waals surface area contributed by atoms with Gasteiger partial charge in [0.1, 0.15) is 0 Å². The summed E-state index contributed by atoms with van der Waals surface area (Å²) in [6, 6.07) is 17.8. The van der Waals surface area contributed by atoms with Crippen LogP contribution in [0.3, 0.4) is 0 Å². The maximum absolute atomic E-state index is 9.10. The zero-order valence-corrected chi connectivity index (χ0v) is 11.6. The van der Waals surface area contributed by atoms with Gasteiger partial charge in [0.25, 0.3) is 0 Å². The van der Waals surface area contributed by atoms with Gasteiger partial charge >= 0.3 is 0 Å². The Labute approximate surface area is 121 Å². The summed E-state index contributed by atoms with van der Waals surface area (Å²) in [5.41, 5.74) is 9.78. The van der Waals surface area contributed by atoms with Gasteiger partial charge in [0.15, 0.2) is 5.13 Å². The first-order valence-corrected chi connectivity index (χ1v) is 7.11. The minimum absolute atomic E-state index is 0.0467. The lowest BCUT2D eigenvalue weighted by atomic mass is 10.1. The van der Waals surface area contributed by atoms with Crippen molar-refractivity contribution in [1.82, 2.24) is 4.98 Å². The van der Waals surface area contributed by atoms with Crippen molar-refractivity contribution >= 4 is 16.5 Å². The van der Waals surface area contributed by atoms with Crippen LogP contribution in [-0.2, 0) is 6.61 Å². The Morgan fingerprint density at radius 2 is 1.65 bits per heavy atom. The molecule has 4 heteroatoms. The van der Waals surface area contributed by atoms with E-state index in [1.165, 1.54) is 11.3 Å². The van der Waals surface area contributed by atoms with Crippen LogP contribution in [-0.4, -0.2) is 10.1 Å². The number of nitrogen functional groups attached to an aromatic ring is 1. The Morgan fingerprint density at radius 1 is 0.950 bits per heavy atom. The summed E-state index contributed by atoms with van der Waals surface area (Å²) in [5, 5.41) is 9.66. The van der Waals surface area contributed by atoms with Crippen LogP contribution < -0.4 is 5.73 Å². The van der Waals surface area contributed by atoms with Crippen molar-refractivity contribution < 1.29 is 5.11 Å². The van der Waals surface area contributed by atoms with Gasteiger partial charge in [-0.2, -0.15) is 0 Å². The molecule has 1 heterocycles. The molecule has 0 aliphatic carbocycles. The number of nitrogens with two attached hydrogens (primary N) is 1. The molecule has 0 saturated heterocycles. The maximum atomic E-state index is 9.10. The maximum Gasteiger partial charge on any atom is 0.181 e. The molecule has 0 spiro atoms. The second-order valence-electron chi connectivity index (χ2n) is 4.45. The van der Waals surface area contributed by atoms with E-state index in [1.54, 1.807) is 0 Å². The zero-order valence-electron chi connectivity index (χ0n) is 10.8. The van der Waals surface area contributed by atoms with E-state index in [2.05, 4.69) is 17.1 Å². The van der Waals surface area contributed by atoms with Crippen molar-refractivity contribution in [3.05, 3.63) is 60.2 Å². The fraction of sp³-hybridized carbons (Fsp3) is 0.0625. The lowest BCUT2D eigenvalue weighted by molar-refractivity contribution is 0.282. The average molecular weight is 282 g/mol. The van der Waals surface area contributed by atoms with Crippen molar-refractivity contribution in [3.8, 4) is 21.7 Å². The number of thiazole rings is 1. The van der Waals surface area contributed by atoms with Gasteiger partial charge in [0, 0.05) is 5.56 Å². The highest BCUT2D eigenvalue weighted by Crippen LogP contribution is 2.37. The van der Waals surface area contributed by atoms with Gasteiger partial charge < -0.3 is 10.8 Å². The molecule has 3 rings (SSSR count). The number of rotatable bonds is 3. The third kappa shape index (κ3) is 2.43. The van der Waals surface area contributed by atoms with E-state index in [-0.39, 0.29) is 6.61 Å². The third-order valence-corrected chi connectivity index (χ3v) is 4.02. The van der Waals surface area contributed by atoms with E-state index >= 15 is 0 Å². The molecule has 3 aromatic rings. The first-order chi connectivity index (χ1) is 9.78. The number of aliphatic hydroxyl groups excluding tert-OH is 1. The van der Waals surface area contributed by atoms with E-state index in [9.17, 15) is 0 Å². The van der Waals surface area contributed by atoms with Crippen molar-refractivity contribution in [2.24, 2.45) is 0 Å². The molecule has 0 bridgehead atoms. The number of anilines is 1. The average Bonchev–Trinajstić information content (AvgIpc) is 2.90. The SMILES string of the molecule is Nc1nc(-c2ccc(CO)cc2)c(-c2ccccc2)s1. The fourth-order valence-electron chi connectivity index (χ4n) is 2.09. The van der Waals surface area contributed by atoms with Gasteiger partial charge in [0.2, 0.25) is 0 Å². The summed E-state index contributed by atoms with van der Waals surface area (Å²) in [5.74, 6) is 0. The predicted molar refractivity (Wildman–Crippen MR) is 83.3 cm³/mol. The Morgan fingerprint density at radius 3 is 2.30 bits per heavy atom. The highest BCUT2D eigenvalue weighted by molar-refractivity contribution is 7.19. The lowest BCUT2D eigenvalue weighted by Gasteiger charge is -2.03. The first kappa shape index (κ1) is 12.8. The summed E-state index contributed by atoms with van der Waals surface area (Å²) in [4.78, 5) is 5.52. The van der Waals surface area contributed by atoms with Crippen LogP contribution in [0.25, 0.3) is 21.7 Å².